The molecule has 1 aromatic rings. The molecule has 0 unspecified atom stereocenters. The van der Waals surface area contributed by atoms with Crippen LogP contribution in [0.1, 0.15) is 16.3 Å². The monoisotopic (exact) mass is 255 g/mol. The third kappa shape index (κ3) is 4.26. The summed E-state index contributed by atoms with van der Waals surface area (Å²) in [5.74, 6) is -1.93. The molecule has 0 aliphatic heterocycles. The summed E-state index contributed by atoms with van der Waals surface area (Å²) in [5.41, 5.74) is 5.04. The van der Waals surface area contributed by atoms with Gasteiger partial charge in [-0.2, -0.15) is 0 Å². The lowest BCUT2D eigenvalue weighted by Crippen LogP contribution is -2.39. The van der Waals surface area contributed by atoms with Crippen LogP contribution in [0.25, 0.3) is 0 Å². The maximum atomic E-state index is 11.3. The van der Waals surface area contributed by atoms with Crippen LogP contribution in [-0.2, 0) is 16.1 Å². The first-order chi connectivity index (χ1) is 8.52. The molecule has 0 spiro atoms. The van der Waals surface area contributed by atoms with E-state index in [4.69, 9.17) is 15.3 Å². The maximum absolute atomic E-state index is 11.3. The zero-order chi connectivity index (χ0) is 13.5. The van der Waals surface area contributed by atoms with E-state index in [1.165, 1.54) is 12.1 Å². The first-order valence-corrected chi connectivity index (χ1v) is 5.08. The van der Waals surface area contributed by atoms with Crippen LogP contribution in [0.15, 0.2) is 16.5 Å². The number of carboxylic acid groups (broad SMARTS) is 1. The van der Waals surface area contributed by atoms with E-state index >= 15 is 0 Å². The van der Waals surface area contributed by atoms with Crippen molar-refractivity contribution in [3.05, 3.63) is 23.7 Å². The van der Waals surface area contributed by atoms with Crippen LogP contribution < -0.4 is 16.4 Å². The van der Waals surface area contributed by atoms with E-state index in [-0.39, 0.29) is 25.4 Å². The standard InChI is InChI=1S/C10H13N3O5/c11-3-8(14)13-5-9(15)12-4-6-1-2-7(18-6)10(16)17/h1-2H,3-5,11H2,(H,12,15)(H,13,14)(H,16,17). The molecule has 1 aromatic heterocycles. The summed E-state index contributed by atoms with van der Waals surface area (Å²) in [6, 6.07) is 2.74. The second kappa shape index (κ2) is 6.40. The first-order valence-electron chi connectivity index (χ1n) is 5.08. The highest BCUT2D eigenvalue weighted by molar-refractivity contribution is 5.85. The number of rotatable bonds is 6. The summed E-state index contributed by atoms with van der Waals surface area (Å²) in [5, 5.41) is 13.3. The predicted molar refractivity (Wildman–Crippen MR) is 59.6 cm³/mol. The first kappa shape index (κ1) is 13.7. The summed E-state index contributed by atoms with van der Waals surface area (Å²) in [6.45, 7) is -0.333. The third-order valence-electron chi connectivity index (χ3n) is 1.96. The molecular weight excluding hydrogens is 242 g/mol. The van der Waals surface area contributed by atoms with Crippen molar-refractivity contribution in [3.8, 4) is 0 Å². The van der Waals surface area contributed by atoms with Gasteiger partial charge in [0.25, 0.3) is 0 Å². The van der Waals surface area contributed by atoms with Gasteiger partial charge in [-0.3, -0.25) is 9.59 Å². The van der Waals surface area contributed by atoms with Crippen molar-refractivity contribution in [2.24, 2.45) is 5.73 Å². The molecule has 2 amide bonds. The van der Waals surface area contributed by atoms with Crippen molar-refractivity contribution in [2.45, 2.75) is 6.54 Å². The minimum Gasteiger partial charge on any atom is -0.475 e. The van der Waals surface area contributed by atoms with Crippen molar-refractivity contribution >= 4 is 17.8 Å². The lowest BCUT2D eigenvalue weighted by molar-refractivity contribution is -0.125. The Balaban J connectivity index is 2.33. The zero-order valence-electron chi connectivity index (χ0n) is 9.43. The summed E-state index contributed by atoms with van der Waals surface area (Å²) >= 11 is 0. The second-order valence-corrected chi connectivity index (χ2v) is 3.33. The lowest BCUT2D eigenvalue weighted by Gasteiger charge is -2.04. The molecule has 0 aliphatic carbocycles. The Morgan fingerprint density at radius 1 is 1.22 bits per heavy atom. The average molecular weight is 255 g/mol. The van der Waals surface area contributed by atoms with Gasteiger partial charge in [0.05, 0.1) is 19.6 Å². The lowest BCUT2D eigenvalue weighted by atomic mass is 10.4. The Kier molecular flexibility index (Phi) is 4.88. The van der Waals surface area contributed by atoms with Gasteiger partial charge in [0.1, 0.15) is 5.76 Å². The molecule has 0 bridgehead atoms. The van der Waals surface area contributed by atoms with Gasteiger partial charge < -0.3 is 25.9 Å². The van der Waals surface area contributed by atoms with Crippen molar-refractivity contribution in [1.82, 2.24) is 10.6 Å². The average Bonchev–Trinajstić information content (AvgIpc) is 2.82. The maximum Gasteiger partial charge on any atom is 0.371 e. The van der Waals surface area contributed by atoms with E-state index < -0.39 is 17.8 Å². The van der Waals surface area contributed by atoms with E-state index in [0.717, 1.165) is 0 Å². The molecule has 0 fully saturated rings. The molecule has 8 heteroatoms. The highest BCUT2D eigenvalue weighted by Gasteiger charge is 2.09. The fourth-order valence-electron chi connectivity index (χ4n) is 1.09. The van der Waals surface area contributed by atoms with Gasteiger partial charge in [0, 0.05) is 0 Å². The van der Waals surface area contributed by atoms with Crippen LogP contribution in [0.5, 0.6) is 0 Å². The molecule has 0 aliphatic rings. The molecule has 0 radical (unpaired) electrons. The van der Waals surface area contributed by atoms with Gasteiger partial charge in [-0.25, -0.2) is 4.79 Å². The number of aromatic carboxylic acids is 1. The van der Waals surface area contributed by atoms with E-state index in [2.05, 4.69) is 10.6 Å². The van der Waals surface area contributed by atoms with Crippen molar-refractivity contribution in [1.29, 1.82) is 0 Å². The molecule has 0 saturated carbocycles. The van der Waals surface area contributed by atoms with Crippen molar-refractivity contribution < 1.29 is 23.9 Å². The van der Waals surface area contributed by atoms with Crippen LogP contribution in [0.2, 0.25) is 0 Å². The minimum atomic E-state index is -1.18. The van der Waals surface area contributed by atoms with E-state index in [9.17, 15) is 14.4 Å². The van der Waals surface area contributed by atoms with Crippen LogP contribution in [0.4, 0.5) is 0 Å². The Morgan fingerprint density at radius 3 is 2.50 bits per heavy atom. The third-order valence-corrected chi connectivity index (χ3v) is 1.96. The summed E-state index contributed by atoms with van der Waals surface area (Å²) < 4.78 is 4.92. The number of carboxylic acids is 1. The Labute approximate surface area is 102 Å². The second-order valence-electron chi connectivity index (χ2n) is 3.33. The van der Waals surface area contributed by atoms with Gasteiger partial charge >= 0.3 is 5.97 Å². The Bertz CT molecular complexity index is 454. The molecule has 8 nitrogen and oxygen atoms in total. The predicted octanol–water partition coefficient (Wildman–Crippen LogP) is -1.33. The Morgan fingerprint density at radius 2 is 1.94 bits per heavy atom. The van der Waals surface area contributed by atoms with E-state index in [0.29, 0.717) is 5.76 Å². The zero-order valence-corrected chi connectivity index (χ0v) is 9.43. The Hall–Kier alpha value is -2.35. The fraction of sp³-hybridized carbons (Fsp3) is 0.300. The molecule has 0 atom stereocenters. The number of hydrogen-bond acceptors (Lipinski definition) is 5. The normalized spacial score (nSPS) is 9.83. The molecular formula is C10H13N3O5. The van der Waals surface area contributed by atoms with E-state index in [1.54, 1.807) is 0 Å². The minimum absolute atomic E-state index is 0.0462. The highest BCUT2D eigenvalue weighted by Crippen LogP contribution is 2.07. The fourth-order valence-corrected chi connectivity index (χ4v) is 1.09. The number of hydrogen-bond donors (Lipinski definition) is 4. The number of furan rings is 1. The summed E-state index contributed by atoms with van der Waals surface area (Å²) in [7, 11) is 0. The molecule has 1 rings (SSSR count). The van der Waals surface area contributed by atoms with Crippen molar-refractivity contribution in [2.75, 3.05) is 13.1 Å². The van der Waals surface area contributed by atoms with Crippen LogP contribution >= 0.6 is 0 Å². The number of nitrogens with one attached hydrogen (secondary N) is 2. The quantitative estimate of drug-likeness (QED) is 0.497. The SMILES string of the molecule is NCC(=O)NCC(=O)NCc1ccc(C(=O)O)o1. The topological polar surface area (TPSA) is 135 Å². The number of amides is 2. The smallest absolute Gasteiger partial charge is 0.371 e. The molecule has 0 saturated heterocycles. The molecule has 1 heterocycles. The molecule has 0 aromatic carbocycles. The van der Waals surface area contributed by atoms with Crippen LogP contribution in [0, 0.1) is 0 Å². The van der Waals surface area contributed by atoms with Gasteiger partial charge in [0.15, 0.2) is 0 Å². The van der Waals surface area contributed by atoms with Gasteiger partial charge in [-0.1, -0.05) is 0 Å². The highest BCUT2D eigenvalue weighted by atomic mass is 16.4. The summed E-state index contributed by atoms with van der Waals surface area (Å²) in [6.07, 6.45) is 0. The van der Waals surface area contributed by atoms with Crippen molar-refractivity contribution in [3.63, 3.8) is 0 Å². The van der Waals surface area contributed by atoms with Gasteiger partial charge in [0.2, 0.25) is 17.6 Å². The van der Waals surface area contributed by atoms with Gasteiger partial charge in [-0.15, -0.1) is 0 Å². The summed E-state index contributed by atoms with van der Waals surface area (Å²) in [4.78, 5) is 32.5. The number of carbonyl (C=O) groups excluding carboxylic acids is 2. The molecule has 98 valence electrons. The number of carbonyl (C=O) groups is 3. The van der Waals surface area contributed by atoms with E-state index in [1.807, 2.05) is 0 Å². The van der Waals surface area contributed by atoms with Crippen LogP contribution in [0.3, 0.4) is 0 Å². The molecule has 18 heavy (non-hydrogen) atoms. The van der Waals surface area contributed by atoms with Gasteiger partial charge in [-0.05, 0) is 12.1 Å². The largest absolute Gasteiger partial charge is 0.475 e. The molecule has 5 N–H and O–H groups in total. The number of nitrogens with two attached hydrogens (primary N) is 1. The van der Waals surface area contributed by atoms with Crippen LogP contribution in [-0.4, -0.2) is 36.0 Å².